The summed E-state index contributed by atoms with van der Waals surface area (Å²) in [7, 11) is 0. The summed E-state index contributed by atoms with van der Waals surface area (Å²) in [6.07, 6.45) is -11.3. The molecular weight excluding hydrogens is 582 g/mol. The molecule has 0 N–H and O–H groups in total. The van der Waals surface area contributed by atoms with Gasteiger partial charge in [-0.3, -0.25) is 0 Å². The van der Waals surface area contributed by atoms with Crippen LogP contribution >= 0.6 is 0 Å². The molecule has 226 valence electrons. The molecule has 44 heavy (non-hydrogen) atoms. The monoisotopic (exact) mass is 608 g/mol. The smallest absolute Gasteiger partial charge is 0.411 e. The Hall–Kier alpha value is -4.60. The molecule has 6 aromatic rings. The third-order valence-electron chi connectivity index (χ3n) is 8.23. The number of hydrogen-bond donors (Lipinski definition) is 0. The molecule has 6 rings (SSSR count). The van der Waals surface area contributed by atoms with Gasteiger partial charge in [-0.1, -0.05) is 67.9 Å². The van der Waals surface area contributed by atoms with Gasteiger partial charge in [-0.2, -0.15) is 26.3 Å². The van der Waals surface area contributed by atoms with E-state index in [2.05, 4.69) is 9.97 Å². The predicted octanol–water partition coefficient (Wildman–Crippen LogP) is 9.99. The number of oxazole rings is 2. The second kappa shape index (κ2) is 9.97. The van der Waals surface area contributed by atoms with Crippen molar-refractivity contribution in [3.63, 3.8) is 0 Å². The van der Waals surface area contributed by atoms with Gasteiger partial charge < -0.3 is 8.83 Å². The molecule has 2 heterocycles. The van der Waals surface area contributed by atoms with E-state index in [0.29, 0.717) is 28.1 Å². The molecule has 4 nitrogen and oxygen atoms in total. The maximum atomic E-state index is 14.5. The van der Waals surface area contributed by atoms with E-state index < -0.39 is 34.3 Å². The fourth-order valence-corrected chi connectivity index (χ4v) is 5.69. The van der Waals surface area contributed by atoms with Crippen LogP contribution in [0.25, 0.3) is 33.7 Å². The lowest BCUT2D eigenvalue weighted by Crippen LogP contribution is -2.54. The maximum absolute atomic E-state index is 14.5. The van der Waals surface area contributed by atoms with Crippen LogP contribution in [-0.4, -0.2) is 22.3 Å². The molecule has 0 fully saturated rings. The first-order valence-electron chi connectivity index (χ1n) is 13.7. The van der Waals surface area contributed by atoms with Crippen molar-refractivity contribution in [1.82, 2.24) is 9.97 Å². The van der Waals surface area contributed by atoms with Gasteiger partial charge in [0.05, 0.1) is 0 Å². The quantitative estimate of drug-likeness (QED) is 0.183. The highest BCUT2D eigenvalue weighted by Gasteiger charge is 2.72. The lowest BCUT2D eigenvalue weighted by atomic mass is 9.72. The topological polar surface area (TPSA) is 52.1 Å². The molecule has 10 heteroatoms. The number of alkyl halides is 6. The zero-order valence-electron chi connectivity index (χ0n) is 24.1. The second-order valence-corrected chi connectivity index (χ2v) is 11.4. The van der Waals surface area contributed by atoms with Crippen LogP contribution in [0.15, 0.2) is 93.8 Å². The summed E-state index contributed by atoms with van der Waals surface area (Å²) in [5, 5.41) is 0. The molecule has 2 aromatic heterocycles. The maximum Gasteiger partial charge on any atom is 0.411 e. The first-order valence-corrected chi connectivity index (χ1v) is 13.7. The Morgan fingerprint density at radius 2 is 1.00 bits per heavy atom. The summed E-state index contributed by atoms with van der Waals surface area (Å²) in [6, 6.07) is 19.5. The highest BCUT2D eigenvalue weighted by Crippen LogP contribution is 2.56. The molecule has 0 saturated carbocycles. The molecule has 0 aliphatic carbocycles. The van der Waals surface area contributed by atoms with Crippen LogP contribution in [0.1, 0.15) is 47.6 Å². The Labute approximate surface area is 248 Å². The summed E-state index contributed by atoms with van der Waals surface area (Å²) in [6.45, 7) is 7.46. The zero-order chi connectivity index (χ0) is 31.7. The van der Waals surface area contributed by atoms with Gasteiger partial charge in [0.25, 0.3) is 0 Å². The minimum Gasteiger partial charge on any atom is -0.441 e. The average Bonchev–Trinajstić information content (AvgIpc) is 3.55. The number of hydrogen-bond acceptors (Lipinski definition) is 4. The minimum atomic E-state index is -5.67. The molecule has 0 atom stereocenters. The van der Waals surface area contributed by atoms with Gasteiger partial charge in [-0.25, -0.2) is 9.97 Å². The number of aryl methyl sites for hydroxylation is 2. The SMILES string of the molecule is Cc1ccc(C(c2ccc(-c3nc4cc(C(C)(C)c5ccc6oc(C)nc6c5)ccc4o3)cc2)(C(F)(F)F)C(F)(F)F)cc1. The van der Waals surface area contributed by atoms with E-state index in [9.17, 15) is 26.3 Å². The number of fused-ring (bicyclic) bond motifs is 2. The number of benzene rings is 4. The van der Waals surface area contributed by atoms with Crippen molar-refractivity contribution in [1.29, 1.82) is 0 Å². The summed E-state index contributed by atoms with van der Waals surface area (Å²) in [4.78, 5) is 8.94. The van der Waals surface area contributed by atoms with Gasteiger partial charge in [-0.15, -0.1) is 0 Å². The van der Waals surface area contributed by atoms with Crippen molar-refractivity contribution in [2.75, 3.05) is 0 Å². The molecule has 0 bridgehead atoms. The summed E-state index contributed by atoms with van der Waals surface area (Å²) in [5.74, 6) is 0.637. The molecule has 0 radical (unpaired) electrons. The fraction of sp³-hybridized carbons (Fsp3) is 0.235. The Kier molecular flexibility index (Phi) is 6.68. The van der Waals surface area contributed by atoms with Crippen molar-refractivity contribution in [3.8, 4) is 11.5 Å². The van der Waals surface area contributed by atoms with E-state index in [-0.39, 0.29) is 11.5 Å². The normalized spacial score (nSPS) is 13.2. The number of aromatic nitrogens is 2. The van der Waals surface area contributed by atoms with Crippen LogP contribution in [0.5, 0.6) is 0 Å². The lowest BCUT2D eigenvalue weighted by molar-refractivity contribution is -0.288. The predicted molar refractivity (Wildman–Crippen MR) is 154 cm³/mol. The van der Waals surface area contributed by atoms with Crippen molar-refractivity contribution in [3.05, 3.63) is 119 Å². The number of nitrogens with zero attached hydrogens (tertiary/aromatic N) is 2. The summed E-state index contributed by atoms with van der Waals surface area (Å²) in [5.41, 5.74) is -1.53. The highest BCUT2D eigenvalue weighted by atomic mass is 19.4. The molecule has 0 saturated heterocycles. The van der Waals surface area contributed by atoms with Crippen molar-refractivity contribution >= 4 is 22.2 Å². The molecule has 0 aliphatic heterocycles. The van der Waals surface area contributed by atoms with Gasteiger partial charge in [0, 0.05) is 17.9 Å². The first kappa shape index (κ1) is 29.5. The van der Waals surface area contributed by atoms with E-state index in [1.165, 1.54) is 24.3 Å². The second-order valence-electron chi connectivity index (χ2n) is 11.4. The Morgan fingerprint density at radius 3 is 1.52 bits per heavy atom. The van der Waals surface area contributed by atoms with Crippen molar-refractivity contribution in [2.24, 2.45) is 0 Å². The van der Waals surface area contributed by atoms with E-state index in [1.807, 2.05) is 44.2 Å². The Balaban J connectivity index is 1.38. The molecule has 0 spiro atoms. The van der Waals surface area contributed by atoms with E-state index in [0.717, 1.165) is 40.9 Å². The van der Waals surface area contributed by atoms with E-state index >= 15 is 0 Å². The van der Waals surface area contributed by atoms with Gasteiger partial charge >= 0.3 is 12.4 Å². The third-order valence-corrected chi connectivity index (χ3v) is 8.23. The fourth-order valence-electron chi connectivity index (χ4n) is 5.69. The average molecular weight is 609 g/mol. The molecule has 0 amide bonds. The molecular formula is C34H26F6N2O2. The van der Waals surface area contributed by atoms with Crippen LogP contribution < -0.4 is 0 Å². The van der Waals surface area contributed by atoms with Gasteiger partial charge in [0.1, 0.15) is 11.0 Å². The molecule has 0 unspecified atom stereocenters. The number of rotatable bonds is 5. The van der Waals surface area contributed by atoms with Crippen LogP contribution in [0, 0.1) is 13.8 Å². The van der Waals surface area contributed by atoms with Crippen LogP contribution in [0.4, 0.5) is 26.3 Å². The van der Waals surface area contributed by atoms with Crippen molar-refractivity contribution in [2.45, 2.75) is 50.9 Å². The largest absolute Gasteiger partial charge is 0.441 e. The van der Waals surface area contributed by atoms with Crippen LogP contribution in [0.3, 0.4) is 0 Å². The van der Waals surface area contributed by atoms with Gasteiger partial charge in [0.15, 0.2) is 17.1 Å². The van der Waals surface area contributed by atoms with Gasteiger partial charge in [0.2, 0.25) is 11.3 Å². The number of halogens is 6. The summed E-state index contributed by atoms with van der Waals surface area (Å²) < 4.78 is 98.3. The highest BCUT2D eigenvalue weighted by molar-refractivity contribution is 5.78. The summed E-state index contributed by atoms with van der Waals surface area (Å²) >= 11 is 0. The minimum absolute atomic E-state index is 0.0703. The third kappa shape index (κ3) is 4.63. The first-order chi connectivity index (χ1) is 20.6. The van der Waals surface area contributed by atoms with Crippen LogP contribution in [0.2, 0.25) is 0 Å². The van der Waals surface area contributed by atoms with Gasteiger partial charge in [-0.05, 0) is 65.6 Å². The lowest BCUT2D eigenvalue weighted by Gasteiger charge is -2.38. The van der Waals surface area contributed by atoms with E-state index in [1.54, 1.807) is 19.9 Å². The zero-order valence-corrected chi connectivity index (χ0v) is 24.1. The van der Waals surface area contributed by atoms with E-state index in [4.69, 9.17) is 8.83 Å². The Morgan fingerprint density at radius 1 is 0.545 bits per heavy atom. The van der Waals surface area contributed by atoms with Crippen molar-refractivity contribution < 1.29 is 35.2 Å². The van der Waals surface area contributed by atoms with Crippen LogP contribution in [-0.2, 0) is 10.8 Å². The Bertz CT molecular complexity index is 1970. The molecule has 4 aromatic carbocycles. The standard InChI is InChI=1S/C34H26F6N2O2/c1-19-5-9-22(10-6-19)32(33(35,36)37,34(38,39)40)23-11-7-21(8-12-23)30-42-27-18-25(14-16-29(27)44-30)31(3,4)24-13-15-28-26(17-24)41-20(2)43-28/h5-18H,1-4H3. The molecule has 0 aliphatic rings.